The summed E-state index contributed by atoms with van der Waals surface area (Å²) in [4.78, 5) is 0.183. The molecule has 8 heteroatoms. The maximum Gasteiger partial charge on any atom is 0.175 e. The molecule has 0 aliphatic heterocycles. The summed E-state index contributed by atoms with van der Waals surface area (Å²) < 4.78 is 41.2. The van der Waals surface area contributed by atoms with Crippen LogP contribution in [-0.4, -0.2) is 34.2 Å². The number of nitrogens with zero attached hydrogens (tertiary/aromatic N) is 4. The Morgan fingerprint density at radius 2 is 1.86 bits per heavy atom. The van der Waals surface area contributed by atoms with Crippen molar-refractivity contribution >= 4 is 20.7 Å². The molecule has 28 heavy (non-hydrogen) atoms. The highest BCUT2D eigenvalue weighted by molar-refractivity contribution is 7.90. The van der Waals surface area contributed by atoms with E-state index >= 15 is 0 Å². The largest absolute Gasteiger partial charge is 0.264 e. The van der Waals surface area contributed by atoms with E-state index in [-0.39, 0.29) is 16.8 Å². The van der Waals surface area contributed by atoms with E-state index in [1.807, 2.05) is 26.1 Å². The minimum absolute atomic E-state index is 0.180. The SMILES string of the molecule is Cc1ccn(C(C)c2nn(-c3cccc(S(C)(=O)=O)c3)c3cc(F)ccc23)n1. The van der Waals surface area contributed by atoms with Crippen molar-refractivity contribution in [3.63, 3.8) is 0 Å². The zero-order chi connectivity index (χ0) is 20.1. The first-order chi connectivity index (χ1) is 13.2. The van der Waals surface area contributed by atoms with E-state index in [0.717, 1.165) is 23.0 Å². The second kappa shape index (κ2) is 6.56. The molecule has 0 fully saturated rings. The average Bonchev–Trinajstić information content (AvgIpc) is 3.24. The van der Waals surface area contributed by atoms with Gasteiger partial charge in [0.05, 0.1) is 33.5 Å². The molecule has 1 atom stereocenters. The number of hydrogen-bond donors (Lipinski definition) is 0. The molecule has 1 unspecified atom stereocenters. The number of aryl methyl sites for hydroxylation is 1. The highest BCUT2D eigenvalue weighted by Crippen LogP contribution is 2.29. The van der Waals surface area contributed by atoms with Crippen LogP contribution in [0, 0.1) is 12.7 Å². The van der Waals surface area contributed by atoms with Crippen molar-refractivity contribution in [2.24, 2.45) is 0 Å². The summed E-state index contributed by atoms with van der Waals surface area (Å²) in [5.41, 5.74) is 2.73. The molecule has 0 saturated carbocycles. The molecule has 0 aliphatic carbocycles. The number of hydrogen-bond acceptors (Lipinski definition) is 4. The van der Waals surface area contributed by atoms with Crippen molar-refractivity contribution in [1.82, 2.24) is 19.6 Å². The van der Waals surface area contributed by atoms with Crippen LogP contribution in [0.25, 0.3) is 16.6 Å². The van der Waals surface area contributed by atoms with Gasteiger partial charge in [0, 0.05) is 23.9 Å². The van der Waals surface area contributed by atoms with Gasteiger partial charge in [0.25, 0.3) is 0 Å². The van der Waals surface area contributed by atoms with Gasteiger partial charge in [0.2, 0.25) is 0 Å². The van der Waals surface area contributed by atoms with Crippen molar-refractivity contribution in [2.45, 2.75) is 24.8 Å². The van der Waals surface area contributed by atoms with Gasteiger partial charge in [-0.05, 0) is 50.2 Å². The fraction of sp³-hybridized carbons (Fsp3) is 0.200. The van der Waals surface area contributed by atoms with Gasteiger partial charge in [0.15, 0.2) is 9.84 Å². The highest BCUT2D eigenvalue weighted by atomic mass is 32.2. The summed E-state index contributed by atoms with van der Waals surface area (Å²) >= 11 is 0. The Bertz CT molecular complexity index is 1290. The molecule has 0 aliphatic rings. The lowest BCUT2D eigenvalue weighted by Gasteiger charge is -2.10. The Morgan fingerprint density at radius 1 is 1.07 bits per heavy atom. The first-order valence-electron chi connectivity index (χ1n) is 8.74. The van der Waals surface area contributed by atoms with Crippen LogP contribution in [0.3, 0.4) is 0 Å². The van der Waals surface area contributed by atoms with E-state index in [1.54, 1.807) is 33.6 Å². The standard InChI is InChI=1S/C20H19FN4O2S/c1-13-9-10-24(22-13)14(2)20-18-8-7-15(21)11-19(18)25(23-20)16-5-4-6-17(12-16)28(3,26)27/h4-12,14H,1-3H3. The molecule has 0 bridgehead atoms. The second-order valence-electron chi connectivity index (χ2n) is 6.84. The Labute approximate surface area is 162 Å². The monoisotopic (exact) mass is 398 g/mol. The van der Waals surface area contributed by atoms with Crippen molar-refractivity contribution < 1.29 is 12.8 Å². The molecule has 0 spiro atoms. The number of aromatic nitrogens is 4. The van der Waals surface area contributed by atoms with Crippen LogP contribution in [0.2, 0.25) is 0 Å². The maximum atomic E-state index is 14.0. The second-order valence-corrected chi connectivity index (χ2v) is 8.86. The van der Waals surface area contributed by atoms with E-state index < -0.39 is 9.84 Å². The lowest BCUT2D eigenvalue weighted by molar-refractivity contribution is 0.546. The molecule has 0 radical (unpaired) electrons. The molecule has 0 amide bonds. The lowest BCUT2D eigenvalue weighted by atomic mass is 10.1. The molecule has 0 N–H and O–H groups in total. The summed E-state index contributed by atoms with van der Waals surface area (Å²) in [6.45, 7) is 3.88. The third kappa shape index (κ3) is 3.20. The van der Waals surface area contributed by atoms with E-state index in [9.17, 15) is 12.8 Å². The quantitative estimate of drug-likeness (QED) is 0.526. The van der Waals surface area contributed by atoms with Gasteiger partial charge in [-0.15, -0.1) is 0 Å². The van der Waals surface area contributed by atoms with Gasteiger partial charge in [-0.25, -0.2) is 17.5 Å². The van der Waals surface area contributed by atoms with Crippen LogP contribution >= 0.6 is 0 Å². The minimum Gasteiger partial charge on any atom is -0.264 e. The fourth-order valence-corrected chi connectivity index (χ4v) is 3.90. The summed E-state index contributed by atoms with van der Waals surface area (Å²) in [7, 11) is -3.37. The Kier molecular flexibility index (Phi) is 4.30. The topological polar surface area (TPSA) is 69.8 Å². The third-order valence-electron chi connectivity index (χ3n) is 4.70. The molecule has 2 aromatic carbocycles. The summed E-state index contributed by atoms with van der Waals surface area (Å²) in [5, 5.41) is 9.94. The van der Waals surface area contributed by atoms with Crippen molar-refractivity contribution in [2.75, 3.05) is 6.26 Å². The third-order valence-corrected chi connectivity index (χ3v) is 5.81. The van der Waals surface area contributed by atoms with Crippen molar-refractivity contribution in [3.05, 3.63) is 71.9 Å². The number of sulfone groups is 1. The van der Waals surface area contributed by atoms with Crippen LogP contribution in [0.1, 0.15) is 24.4 Å². The number of fused-ring (bicyclic) bond motifs is 1. The zero-order valence-corrected chi connectivity index (χ0v) is 16.5. The lowest BCUT2D eigenvalue weighted by Crippen LogP contribution is -2.09. The fourth-order valence-electron chi connectivity index (χ4n) is 3.24. The molecular formula is C20H19FN4O2S. The van der Waals surface area contributed by atoms with E-state index in [2.05, 4.69) is 5.10 Å². The molecule has 6 nitrogen and oxygen atoms in total. The van der Waals surface area contributed by atoms with Crippen LogP contribution in [-0.2, 0) is 9.84 Å². The molecular weight excluding hydrogens is 379 g/mol. The highest BCUT2D eigenvalue weighted by Gasteiger charge is 2.20. The first-order valence-corrected chi connectivity index (χ1v) is 10.6. The maximum absolute atomic E-state index is 14.0. The molecule has 2 aromatic heterocycles. The van der Waals surface area contributed by atoms with Gasteiger partial charge in [-0.3, -0.25) is 4.68 Å². The normalized spacial score (nSPS) is 13.1. The van der Waals surface area contributed by atoms with Gasteiger partial charge in [-0.2, -0.15) is 10.2 Å². The van der Waals surface area contributed by atoms with Gasteiger partial charge in [0.1, 0.15) is 5.82 Å². The van der Waals surface area contributed by atoms with E-state index in [1.165, 1.54) is 18.2 Å². The first kappa shape index (κ1) is 18.4. The number of halogens is 1. The van der Waals surface area contributed by atoms with E-state index in [0.29, 0.717) is 11.2 Å². The minimum atomic E-state index is -3.37. The average molecular weight is 398 g/mol. The molecule has 0 saturated heterocycles. The van der Waals surface area contributed by atoms with Crippen LogP contribution in [0.15, 0.2) is 59.6 Å². The van der Waals surface area contributed by atoms with Crippen LogP contribution < -0.4 is 0 Å². The predicted octanol–water partition coefficient (Wildman–Crippen LogP) is 3.68. The molecule has 2 heterocycles. The smallest absolute Gasteiger partial charge is 0.175 e. The predicted molar refractivity (Wildman–Crippen MR) is 105 cm³/mol. The summed E-state index contributed by atoms with van der Waals surface area (Å²) in [5.74, 6) is -0.387. The van der Waals surface area contributed by atoms with Gasteiger partial charge < -0.3 is 0 Å². The Morgan fingerprint density at radius 3 is 2.54 bits per heavy atom. The van der Waals surface area contributed by atoms with Gasteiger partial charge >= 0.3 is 0 Å². The summed E-state index contributed by atoms with van der Waals surface area (Å²) in [6, 6.07) is 12.7. The van der Waals surface area contributed by atoms with E-state index in [4.69, 9.17) is 5.10 Å². The van der Waals surface area contributed by atoms with Crippen LogP contribution in [0.4, 0.5) is 4.39 Å². The Hall–Kier alpha value is -3.00. The summed E-state index contributed by atoms with van der Waals surface area (Å²) in [6.07, 6.45) is 3.03. The molecule has 144 valence electrons. The van der Waals surface area contributed by atoms with Gasteiger partial charge in [-0.1, -0.05) is 6.07 Å². The molecule has 4 aromatic rings. The Balaban J connectivity index is 1.94. The van der Waals surface area contributed by atoms with Crippen molar-refractivity contribution in [1.29, 1.82) is 0 Å². The van der Waals surface area contributed by atoms with Crippen molar-refractivity contribution in [3.8, 4) is 5.69 Å². The molecule has 4 rings (SSSR count). The van der Waals surface area contributed by atoms with Crippen LogP contribution in [0.5, 0.6) is 0 Å². The zero-order valence-electron chi connectivity index (χ0n) is 15.7. The number of benzene rings is 2. The number of rotatable bonds is 4.